The van der Waals surface area contributed by atoms with Crippen LogP contribution < -0.4 is 27.2 Å². The molecule has 0 radical (unpaired) electrons. The van der Waals surface area contributed by atoms with Crippen LogP contribution in [-0.2, 0) is 13.1 Å². The first-order valence-electron chi connectivity index (χ1n) is 23.4. The number of carboxylic acid groups (broad SMARTS) is 3. The van der Waals surface area contributed by atoms with Crippen molar-refractivity contribution in [3.63, 3.8) is 0 Å². The van der Waals surface area contributed by atoms with E-state index in [4.69, 9.17) is 37.8 Å². The number of nitrogens with two attached hydrogens (primary N) is 1. The van der Waals surface area contributed by atoms with Gasteiger partial charge in [-0.25, -0.2) is 14.4 Å². The molecule has 4 aliphatic rings. The van der Waals surface area contributed by atoms with Gasteiger partial charge >= 0.3 is 17.9 Å². The number of nitrogens with zero attached hydrogens (tertiary/aromatic N) is 1. The third-order valence-corrected chi connectivity index (χ3v) is 13.2. The lowest BCUT2D eigenvalue weighted by Gasteiger charge is -2.21. The van der Waals surface area contributed by atoms with E-state index in [-0.39, 0.29) is 84.7 Å². The number of halogens is 2. The molecule has 380 valence electrons. The number of aromatic carboxylic acids is 3. The highest BCUT2D eigenvalue weighted by Gasteiger charge is 2.31. The van der Waals surface area contributed by atoms with E-state index >= 15 is 0 Å². The van der Waals surface area contributed by atoms with E-state index in [0.29, 0.717) is 67.5 Å². The van der Waals surface area contributed by atoms with Crippen molar-refractivity contribution < 1.29 is 53.2 Å². The maximum Gasteiger partial charge on any atom is 0.337 e. The van der Waals surface area contributed by atoms with Gasteiger partial charge in [-0.2, -0.15) is 0 Å². The normalized spacial score (nSPS) is 11.4. The molecule has 0 fully saturated rings. The minimum atomic E-state index is -1.44. The van der Waals surface area contributed by atoms with Crippen LogP contribution in [0.25, 0.3) is 66.8 Å². The number of aromatic hydroxyl groups is 1. The summed E-state index contributed by atoms with van der Waals surface area (Å²) in [6.45, 7) is 9.72. The second kappa shape index (κ2) is 21.2. The Morgan fingerprint density at radius 3 is 2.00 bits per heavy atom. The molecule has 0 saturated heterocycles. The number of carbonyl (C=O) groups is 5. The number of hydrogen-bond acceptors (Lipinski definition) is 11. The fourth-order valence-corrected chi connectivity index (χ4v) is 9.50. The number of aryl methyl sites for hydroxylation is 2. The molecule has 8 N–H and O–H groups in total. The molecule has 18 heteroatoms. The van der Waals surface area contributed by atoms with Gasteiger partial charge in [-0.15, -0.1) is 0 Å². The van der Waals surface area contributed by atoms with E-state index in [1.807, 2.05) is 33.8 Å². The first kappa shape index (κ1) is 52.3. The summed E-state index contributed by atoms with van der Waals surface area (Å²) < 4.78 is 12.5. The number of fused-ring (bicyclic) bond motifs is 4. The largest absolute Gasteiger partial charge is 0.507 e. The van der Waals surface area contributed by atoms with Gasteiger partial charge in [0.1, 0.15) is 28.4 Å². The van der Waals surface area contributed by atoms with E-state index in [1.54, 1.807) is 37.3 Å². The Balaban J connectivity index is 0.00000369. The monoisotopic (exact) mass is 1050 g/mol. The van der Waals surface area contributed by atoms with E-state index in [1.165, 1.54) is 60.7 Å². The van der Waals surface area contributed by atoms with Gasteiger partial charge in [-0.1, -0.05) is 55.2 Å². The molecule has 16 nitrogen and oxygen atoms in total. The van der Waals surface area contributed by atoms with Crippen LogP contribution in [-0.4, -0.2) is 56.7 Å². The first-order valence-corrected chi connectivity index (χ1v) is 24.1. The number of nitrogens with one attached hydrogen (secondary N) is 2. The van der Waals surface area contributed by atoms with Crippen LogP contribution in [0.4, 0.5) is 5.69 Å². The van der Waals surface area contributed by atoms with Gasteiger partial charge in [0, 0.05) is 81.1 Å². The summed E-state index contributed by atoms with van der Waals surface area (Å²) in [5, 5.41) is 48.1. The van der Waals surface area contributed by atoms with Crippen LogP contribution in [0.2, 0.25) is 10.0 Å². The SMILES string of the molecule is CC.CCN=c1cc2oc3cc(N)c(C)cc3c(-c3c(Cl)cc(C(=O)NCc4ccc(C(=O)NCc5c(O)ccc6c(-c7ccc(C(=O)O)cc7C(=O)O)c7ccc(=O)cc-7oc56)cc4)c(Cl)c3C(=O)O)c-2cc1C. The number of phenols is 1. The number of nitrogen functional groups attached to an aromatic ring is 1. The zero-order chi connectivity index (χ0) is 54.2. The molecule has 0 atom stereocenters. The van der Waals surface area contributed by atoms with Crippen molar-refractivity contribution in [2.75, 3.05) is 12.3 Å². The zero-order valence-corrected chi connectivity index (χ0v) is 42.3. The van der Waals surface area contributed by atoms with Crippen molar-refractivity contribution in [3.8, 4) is 50.7 Å². The summed E-state index contributed by atoms with van der Waals surface area (Å²) in [5.41, 5.74) is 9.57. The van der Waals surface area contributed by atoms with Crippen molar-refractivity contribution in [1.82, 2.24) is 10.6 Å². The molecular weight excluding hydrogens is 1000 g/mol. The van der Waals surface area contributed by atoms with Gasteiger partial charge < -0.3 is 45.6 Å². The van der Waals surface area contributed by atoms with Crippen LogP contribution >= 0.6 is 23.2 Å². The molecular formula is C57H46Cl2N4O12. The predicted octanol–water partition coefficient (Wildman–Crippen LogP) is 11.2. The number of benzene rings is 7. The average Bonchev–Trinajstić information content (AvgIpc) is 3.38. The number of phenolic OH excluding ortho intramolecular Hbond substituents is 1. The van der Waals surface area contributed by atoms with E-state index < -0.39 is 40.7 Å². The van der Waals surface area contributed by atoms with Gasteiger partial charge in [0.25, 0.3) is 11.8 Å². The Morgan fingerprint density at radius 1 is 0.640 bits per heavy atom. The highest BCUT2D eigenvalue weighted by molar-refractivity contribution is 6.41. The van der Waals surface area contributed by atoms with Crippen LogP contribution in [0.5, 0.6) is 5.75 Å². The third-order valence-electron chi connectivity index (χ3n) is 12.5. The molecule has 0 aromatic heterocycles. The Hall–Kier alpha value is -8.99. The molecule has 0 bridgehead atoms. The fraction of sp³-hybridized carbons (Fsp3) is 0.140. The number of rotatable bonds is 12. The molecule has 9 rings (SSSR count). The minimum absolute atomic E-state index is 0.0241. The van der Waals surface area contributed by atoms with Crippen molar-refractivity contribution >= 4 is 80.6 Å². The quantitative estimate of drug-likeness (QED) is 0.0444. The summed E-state index contributed by atoms with van der Waals surface area (Å²) in [6.07, 6.45) is 0. The van der Waals surface area contributed by atoms with Crippen molar-refractivity contribution in [2.45, 2.75) is 47.7 Å². The van der Waals surface area contributed by atoms with E-state index in [9.17, 15) is 49.2 Å². The van der Waals surface area contributed by atoms with E-state index in [2.05, 4.69) is 15.6 Å². The summed E-state index contributed by atoms with van der Waals surface area (Å²) in [4.78, 5) is 81.8. The Kier molecular flexibility index (Phi) is 14.8. The lowest BCUT2D eigenvalue weighted by Crippen LogP contribution is -2.24. The van der Waals surface area contributed by atoms with Crippen LogP contribution in [0.1, 0.15) is 94.8 Å². The Labute approximate surface area is 437 Å². The standard InChI is InChI=1S/C55H40Cl2N4O12.C2H6/c1-4-59-40-21-44-35(16-25(40)3)46(34-15-24(2)39(58)20-43(34)72-44)47-38(56)19-36(49(57)48(47)55(70)71)52(65)60-22-26-5-7-27(8-6-26)51(64)61-23-37-41(63)14-13-32-45(31-12-10-29(62)18-42(31)73-50(32)37)30-11-9-28(53(66)67)17-33(30)54(68)69;1-2/h5-21,63H,4,22-23,58H2,1-3H3,(H,60,65)(H,61,64)(H,66,67)(H,68,69)(H,70,71);1-2H3. The lowest BCUT2D eigenvalue weighted by molar-refractivity contribution is 0.0682. The molecule has 2 amide bonds. The second-order valence-corrected chi connectivity index (χ2v) is 17.9. The van der Waals surface area contributed by atoms with Crippen molar-refractivity contribution in [2.24, 2.45) is 4.99 Å². The van der Waals surface area contributed by atoms with Crippen LogP contribution in [0.3, 0.4) is 0 Å². The van der Waals surface area contributed by atoms with Gasteiger partial charge in [-0.05, 0) is 110 Å². The number of carbonyl (C=O) groups excluding carboxylic acids is 2. The highest BCUT2D eigenvalue weighted by atomic mass is 35.5. The maximum atomic E-state index is 13.8. The molecule has 75 heavy (non-hydrogen) atoms. The Bertz CT molecular complexity index is 3920. The average molecular weight is 1050 g/mol. The van der Waals surface area contributed by atoms with Crippen LogP contribution in [0.15, 0.2) is 122 Å². The van der Waals surface area contributed by atoms with Gasteiger partial charge in [0.15, 0.2) is 5.43 Å². The maximum absolute atomic E-state index is 13.8. The van der Waals surface area contributed by atoms with Crippen LogP contribution in [0, 0.1) is 13.8 Å². The fourth-order valence-electron chi connectivity index (χ4n) is 8.89. The van der Waals surface area contributed by atoms with Gasteiger partial charge in [0.05, 0.1) is 49.8 Å². The lowest BCUT2D eigenvalue weighted by atomic mass is 9.88. The molecule has 5 aromatic rings. The molecule has 2 heterocycles. The number of amides is 2. The molecule has 2 aliphatic heterocycles. The minimum Gasteiger partial charge on any atom is -0.507 e. The predicted molar refractivity (Wildman–Crippen MR) is 285 cm³/mol. The summed E-state index contributed by atoms with van der Waals surface area (Å²) in [5.74, 6) is -5.34. The topological polar surface area (TPSA) is 272 Å². The summed E-state index contributed by atoms with van der Waals surface area (Å²) in [6, 6.07) is 24.9. The van der Waals surface area contributed by atoms with Gasteiger partial charge in [0.2, 0.25) is 0 Å². The number of anilines is 1. The summed E-state index contributed by atoms with van der Waals surface area (Å²) in [7, 11) is 0. The molecule has 5 aromatic carbocycles. The van der Waals surface area contributed by atoms with Gasteiger partial charge in [-0.3, -0.25) is 19.4 Å². The second-order valence-electron chi connectivity index (χ2n) is 17.1. The third kappa shape index (κ3) is 9.96. The molecule has 0 spiro atoms. The molecule has 0 unspecified atom stereocenters. The smallest absolute Gasteiger partial charge is 0.337 e. The highest BCUT2D eigenvalue weighted by Crippen LogP contribution is 2.48. The van der Waals surface area contributed by atoms with Crippen molar-refractivity contribution in [1.29, 1.82) is 0 Å². The summed E-state index contributed by atoms with van der Waals surface area (Å²) >= 11 is 13.9. The van der Waals surface area contributed by atoms with Crippen molar-refractivity contribution in [3.05, 3.63) is 179 Å². The molecule has 2 aliphatic carbocycles. The number of carboxylic acids is 3. The zero-order valence-electron chi connectivity index (χ0n) is 40.8. The van der Waals surface area contributed by atoms with E-state index in [0.717, 1.165) is 11.6 Å². The number of hydrogen-bond donors (Lipinski definition) is 7. The first-order chi connectivity index (χ1) is 35.8. The molecule has 0 saturated carbocycles. The Morgan fingerprint density at radius 2 is 1.32 bits per heavy atom.